The Morgan fingerprint density at radius 1 is 1.47 bits per heavy atom. The number of anilines is 1. The molecule has 3 nitrogen and oxygen atoms in total. The Hall–Kier alpha value is -1.84. The van der Waals surface area contributed by atoms with E-state index in [2.05, 4.69) is 12.2 Å². The van der Waals surface area contributed by atoms with Crippen molar-refractivity contribution < 1.29 is 9.18 Å². The fourth-order valence-corrected chi connectivity index (χ4v) is 1.36. The second-order valence-electron chi connectivity index (χ2n) is 3.70. The number of hydrogen-bond donors (Lipinski definition) is 2. The number of halogens is 1. The Labute approximate surface area is 101 Å². The third kappa shape index (κ3) is 4.26. The highest BCUT2D eigenvalue weighted by Gasteiger charge is 2.08. The summed E-state index contributed by atoms with van der Waals surface area (Å²) in [5.74, 6) is -0.731. The van der Waals surface area contributed by atoms with E-state index in [1.807, 2.05) is 12.2 Å². The van der Waals surface area contributed by atoms with Crippen molar-refractivity contribution in [2.45, 2.75) is 19.8 Å². The topological polar surface area (TPSA) is 55.1 Å². The molecule has 0 heterocycles. The number of rotatable bonds is 5. The van der Waals surface area contributed by atoms with Crippen LogP contribution in [-0.4, -0.2) is 12.5 Å². The summed E-state index contributed by atoms with van der Waals surface area (Å²) in [6, 6.07) is 3.75. The zero-order chi connectivity index (χ0) is 12.7. The van der Waals surface area contributed by atoms with Gasteiger partial charge in [-0.15, -0.1) is 0 Å². The molecule has 0 aliphatic rings. The molecular weight excluding hydrogens is 219 g/mol. The van der Waals surface area contributed by atoms with Gasteiger partial charge in [0.05, 0.1) is 5.56 Å². The molecular formula is C13H17FN2O. The summed E-state index contributed by atoms with van der Waals surface area (Å²) in [5.41, 5.74) is 6.01. The molecule has 3 N–H and O–H groups in total. The van der Waals surface area contributed by atoms with Crippen LogP contribution in [0.3, 0.4) is 0 Å². The van der Waals surface area contributed by atoms with Crippen molar-refractivity contribution in [3.05, 3.63) is 41.7 Å². The van der Waals surface area contributed by atoms with E-state index in [0.717, 1.165) is 18.9 Å². The van der Waals surface area contributed by atoms with Gasteiger partial charge in [-0.05, 0) is 24.6 Å². The van der Waals surface area contributed by atoms with E-state index in [-0.39, 0.29) is 11.6 Å². The molecule has 0 radical (unpaired) electrons. The molecule has 0 bridgehead atoms. The minimum Gasteiger partial charge on any atom is -0.398 e. The van der Waals surface area contributed by atoms with Gasteiger partial charge >= 0.3 is 0 Å². The van der Waals surface area contributed by atoms with Crippen LogP contribution in [0.25, 0.3) is 0 Å². The Bertz CT molecular complexity index is 416. The minimum absolute atomic E-state index is 0.153. The fraction of sp³-hybridized carbons (Fsp3) is 0.308. The molecule has 0 aliphatic heterocycles. The SMILES string of the molecule is CCC/C=C/CNC(=O)c1ccc(F)cc1N. The predicted molar refractivity (Wildman–Crippen MR) is 67.2 cm³/mol. The molecule has 0 saturated carbocycles. The maximum Gasteiger partial charge on any atom is 0.253 e. The van der Waals surface area contributed by atoms with E-state index in [9.17, 15) is 9.18 Å². The van der Waals surface area contributed by atoms with Gasteiger partial charge in [-0.25, -0.2) is 4.39 Å². The molecule has 17 heavy (non-hydrogen) atoms. The summed E-state index contributed by atoms with van der Waals surface area (Å²) >= 11 is 0. The van der Waals surface area contributed by atoms with Crippen molar-refractivity contribution in [1.82, 2.24) is 5.32 Å². The van der Waals surface area contributed by atoms with Crippen molar-refractivity contribution in [2.24, 2.45) is 0 Å². The van der Waals surface area contributed by atoms with Crippen molar-refractivity contribution in [1.29, 1.82) is 0 Å². The zero-order valence-corrected chi connectivity index (χ0v) is 9.87. The quantitative estimate of drug-likeness (QED) is 0.609. The van der Waals surface area contributed by atoms with Gasteiger partial charge in [0, 0.05) is 12.2 Å². The molecule has 0 atom stereocenters. The van der Waals surface area contributed by atoms with Crippen molar-refractivity contribution in [3.63, 3.8) is 0 Å². The van der Waals surface area contributed by atoms with E-state index in [0.29, 0.717) is 12.1 Å². The molecule has 1 rings (SSSR count). The second kappa shape index (κ2) is 6.68. The average molecular weight is 236 g/mol. The Morgan fingerprint density at radius 3 is 2.88 bits per heavy atom. The Balaban J connectivity index is 2.52. The number of carbonyl (C=O) groups is 1. The molecule has 0 unspecified atom stereocenters. The van der Waals surface area contributed by atoms with Gasteiger partial charge in [-0.3, -0.25) is 4.79 Å². The largest absolute Gasteiger partial charge is 0.398 e. The van der Waals surface area contributed by atoms with E-state index >= 15 is 0 Å². The molecule has 0 fully saturated rings. The van der Waals surface area contributed by atoms with Crippen molar-refractivity contribution in [2.75, 3.05) is 12.3 Å². The van der Waals surface area contributed by atoms with Gasteiger partial charge in [-0.1, -0.05) is 25.5 Å². The van der Waals surface area contributed by atoms with Crippen LogP contribution in [0.4, 0.5) is 10.1 Å². The zero-order valence-electron chi connectivity index (χ0n) is 9.87. The van der Waals surface area contributed by atoms with Gasteiger partial charge in [0.15, 0.2) is 0 Å². The number of benzene rings is 1. The predicted octanol–water partition coefficient (Wildman–Crippen LogP) is 2.49. The molecule has 1 amide bonds. The van der Waals surface area contributed by atoms with Crippen molar-refractivity contribution >= 4 is 11.6 Å². The van der Waals surface area contributed by atoms with Gasteiger partial charge < -0.3 is 11.1 Å². The molecule has 0 aromatic heterocycles. The Kier molecular flexibility index (Phi) is 5.20. The van der Waals surface area contributed by atoms with E-state index < -0.39 is 5.82 Å². The maximum atomic E-state index is 12.8. The first kappa shape index (κ1) is 13.2. The highest BCUT2D eigenvalue weighted by molar-refractivity contribution is 5.99. The molecule has 0 aliphatic carbocycles. The number of allylic oxidation sites excluding steroid dienone is 1. The van der Waals surface area contributed by atoms with Gasteiger partial charge in [0.25, 0.3) is 5.91 Å². The van der Waals surface area contributed by atoms with Gasteiger partial charge in [-0.2, -0.15) is 0 Å². The van der Waals surface area contributed by atoms with Gasteiger partial charge in [0.2, 0.25) is 0 Å². The summed E-state index contributed by atoms with van der Waals surface area (Å²) in [6.45, 7) is 2.54. The van der Waals surface area contributed by atoms with Crippen LogP contribution < -0.4 is 11.1 Å². The average Bonchev–Trinajstić information content (AvgIpc) is 2.28. The van der Waals surface area contributed by atoms with Gasteiger partial charge in [0.1, 0.15) is 5.82 Å². The normalized spacial score (nSPS) is 10.7. The third-order valence-electron chi connectivity index (χ3n) is 2.26. The summed E-state index contributed by atoms with van der Waals surface area (Å²) in [7, 11) is 0. The number of carbonyl (C=O) groups excluding carboxylic acids is 1. The highest BCUT2D eigenvalue weighted by atomic mass is 19.1. The van der Waals surface area contributed by atoms with Crippen LogP contribution >= 0.6 is 0 Å². The number of hydrogen-bond acceptors (Lipinski definition) is 2. The van der Waals surface area contributed by atoms with Crippen LogP contribution in [0.15, 0.2) is 30.4 Å². The Morgan fingerprint density at radius 2 is 2.24 bits per heavy atom. The van der Waals surface area contributed by atoms with E-state index in [1.165, 1.54) is 12.1 Å². The number of nitrogens with two attached hydrogens (primary N) is 1. The summed E-state index contributed by atoms with van der Waals surface area (Å²) in [5, 5.41) is 2.69. The molecule has 1 aromatic carbocycles. The smallest absolute Gasteiger partial charge is 0.253 e. The molecule has 0 saturated heterocycles. The first-order valence-electron chi connectivity index (χ1n) is 5.63. The minimum atomic E-state index is -0.443. The van der Waals surface area contributed by atoms with Crippen LogP contribution in [0.5, 0.6) is 0 Å². The lowest BCUT2D eigenvalue weighted by Gasteiger charge is -2.05. The van der Waals surface area contributed by atoms with Crippen LogP contribution in [0, 0.1) is 5.82 Å². The molecule has 0 spiro atoms. The summed E-state index contributed by atoms with van der Waals surface area (Å²) < 4.78 is 12.8. The summed E-state index contributed by atoms with van der Waals surface area (Å²) in [4.78, 5) is 11.7. The molecule has 92 valence electrons. The fourth-order valence-electron chi connectivity index (χ4n) is 1.36. The number of unbranched alkanes of at least 4 members (excludes halogenated alkanes) is 1. The lowest BCUT2D eigenvalue weighted by molar-refractivity contribution is 0.0959. The van der Waals surface area contributed by atoms with Crippen LogP contribution in [0.1, 0.15) is 30.1 Å². The number of nitrogen functional groups attached to an aromatic ring is 1. The molecule has 1 aromatic rings. The first-order chi connectivity index (χ1) is 8.15. The standard InChI is InChI=1S/C13H17FN2O/c1-2-3-4-5-8-16-13(17)11-7-6-10(14)9-12(11)15/h4-7,9H,2-3,8,15H2,1H3,(H,16,17)/b5-4+. The third-order valence-corrected chi connectivity index (χ3v) is 2.26. The van der Waals surface area contributed by atoms with Crippen LogP contribution in [0.2, 0.25) is 0 Å². The first-order valence-corrected chi connectivity index (χ1v) is 5.63. The molecule has 4 heteroatoms. The van der Waals surface area contributed by atoms with E-state index in [4.69, 9.17) is 5.73 Å². The van der Waals surface area contributed by atoms with Crippen LogP contribution in [-0.2, 0) is 0 Å². The van der Waals surface area contributed by atoms with E-state index in [1.54, 1.807) is 0 Å². The lowest BCUT2D eigenvalue weighted by atomic mass is 10.1. The summed E-state index contributed by atoms with van der Waals surface area (Å²) in [6.07, 6.45) is 5.97. The highest BCUT2D eigenvalue weighted by Crippen LogP contribution is 2.12. The number of amides is 1. The monoisotopic (exact) mass is 236 g/mol. The lowest BCUT2D eigenvalue weighted by Crippen LogP contribution is -2.24. The maximum absolute atomic E-state index is 12.8. The number of nitrogens with one attached hydrogen (secondary N) is 1. The van der Waals surface area contributed by atoms with Crippen molar-refractivity contribution in [3.8, 4) is 0 Å². The second-order valence-corrected chi connectivity index (χ2v) is 3.70.